The van der Waals surface area contributed by atoms with Crippen molar-refractivity contribution in [3.8, 4) is 0 Å². The van der Waals surface area contributed by atoms with E-state index in [2.05, 4.69) is 13.8 Å². The zero-order chi connectivity index (χ0) is 13.8. The average molecular weight is 250 g/mol. The van der Waals surface area contributed by atoms with Gasteiger partial charge in [0.15, 0.2) is 0 Å². The average Bonchev–Trinajstić information content (AvgIpc) is 2.29. The molecule has 0 aliphatic rings. The molecule has 0 bridgehead atoms. The SMILES string of the molecule is CCCC(N)(N)c1ccccc1C(N)(N)CCC. The molecular weight excluding hydrogens is 224 g/mol. The van der Waals surface area contributed by atoms with Crippen molar-refractivity contribution in [1.29, 1.82) is 0 Å². The first-order valence-electron chi connectivity index (χ1n) is 6.60. The van der Waals surface area contributed by atoms with Gasteiger partial charge in [-0.05, 0) is 24.0 Å². The Morgan fingerprint density at radius 2 is 1.11 bits per heavy atom. The van der Waals surface area contributed by atoms with Crippen LogP contribution in [0.2, 0.25) is 0 Å². The molecular formula is C14H26N4. The largest absolute Gasteiger partial charge is 0.310 e. The quantitative estimate of drug-likeness (QED) is 0.573. The van der Waals surface area contributed by atoms with Crippen molar-refractivity contribution in [3.63, 3.8) is 0 Å². The van der Waals surface area contributed by atoms with Crippen molar-refractivity contribution in [3.05, 3.63) is 35.4 Å². The number of hydrogen-bond acceptors (Lipinski definition) is 4. The van der Waals surface area contributed by atoms with E-state index in [1.165, 1.54) is 0 Å². The van der Waals surface area contributed by atoms with E-state index in [0.717, 1.165) is 24.0 Å². The highest BCUT2D eigenvalue weighted by atomic mass is 15.0. The highest BCUT2D eigenvalue weighted by Crippen LogP contribution is 2.28. The van der Waals surface area contributed by atoms with Crippen LogP contribution in [0.25, 0.3) is 0 Å². The maximum atomic E-state index is 6.21. The standard InChI is InChI=1S/C14H26N4/c1-3-9-13(15,16)11-7-5-6-8-12(11)14(17,18)10-4-2/h5-8H,3-4,9-10,15-18H2,1-2H3. The van der Waals surface area contributed by atoms with Gasteiger partial charge in [0.2, 0.25) is 0 Å². The van der Waals surface area contributed by atoms with Gasteiger partial charge < -0.3 is 22.9 Å². The van der Waals surface area contributed by atoms with E-state index in [0.29, 0.717) is 12.8 Å². The van der Waals surface area contributed by atoms with Gasteiger partial charge in [0, 0.05) is 0 Å². The lowest BCUT2D eigenvalue weighted by atomic mass is 9.85. The van der Waals surface area contributed by atoms with Crippen LogP contribution in [0.3, 0.4) is 0 Å². The van der Waals surface area contributed by atoms with Gasteiger partial charge in [-0.15, -0.1) is 0 Å². The van der Waals surface area contributed by atoms with Crippen LogP contribution in [-0.4, -0.2) is 0 Å². The van der Waals surface area contributed by atoms with Gasteiger partial charge in [0.05, 0.1) is 11.3 Å². The molecule has 1 rings (SSSR count). The van der Waals surface area contributed by atoms with Crippen LogP contribution in [0, 0.1) is 0 Å². The second kappa shape index (κ2) is 5.80. The third-order valence-electron chi connectivity index (χ3n) is 3.26. The lowest BCUT2D eigenvalue weighted by molar-refractivity contribution is 0.377. The number of hydrogen-bond donors (Lipinski definition) is 4. The summed E-state index contributed by atoms with van der Waals surface area (Å²) in [5.74, 6) is 0. The first-order valence-corrected chi connectivity index (χ1v) is 6.60. The smallest absolute Gasteiger partial charge is 0.0903 e. The monoisotopic (exact) mass is 250 g/mol. The van der Waals surface area contributed by atoms with Crippen molar-refractivity contribution < 1.29 is 0 Å². The third-order valence-corrected chi connectivity index (χ3v) is 3.26. The van der Waals surface area contributed by atoms with Gasteiger partial charge >= 0.3 is 0 Å². The van der Waals surface area contributed by atoms with E-state index in [1.807, 2.05) is 24.3 Å². The zero-order valence-electron chi connectivity index (χ0n) is 11.4. The van der Waals surface area contributed by atoms with E-state index in [9.17, 15) is 0 Å². The molecule has 0 aliphatic carbocycles. The minimum absolute atomic E-state index is 0.701. The second-order valence-corrected chi connectivity index (χ2v) is 5.13. The van der Waals surface area contributed by atoms with Crippen LogP contribution in [0.1, 0.15) is 50.7 Å². The molecule has 0 unspecified atom stereocenters. The molecule has 4 heteroatoms. The molecule has 18 heavy (non-hydrogen) atoms. The molecule has 102 valence electrons. The van der Waals surface area contributed by atoms with Crippen molar-refractivity contribution in [2.45, 2.75) is 50.9 Å². The Labute approximate surface area is 110 Å². The van der Waals surface area contributed by atoms with Crippen LogP contribution in [0.4, 0.5) is 0 Å². The molecule has 0 fully saturated rings. The molecule has 0 amide bonds. The van der Waals surface area contributed by atoms with E-state index < -0.39 is 11.3 Å². The molecule has 0 spiro atoms. The maximum Gasteiger partial charge on any atom is 0.0903 e. The zero-order valence-corrected chi connectivity index (χ0v) is 11.4. The summed E-state index contributed by atoms with van der Waals surface area (Å²) in [6.45, 7) is 4.11. The Balaban J connectivity index is 3.22. The third kappa shape index (κ3) is 3.29. The fourth-order valence-electron chi connectivity index (χ4n) is 2.39. The lowest BCUT2D eigenvalue weighted by Crippen LogP contribution is -2.52. The number of nitrogens with two attached hydrogens (primary N) is 4. The predicted octanol–water partition coefficient (Wildman–Crippen LogP) is 1.43. The van der Waals surface area contributed by atoms with Crippen LogP contribution in [0.15, 0.2) is 24.3 Å². The van der Waals surface area contributed by atoms with Crippen LogP contribution in [0.5, 0.6) is 0 Å². The topological polar surface area (TPSA) is 104 Å². The van der Waals surface area contributed by atoms with E-state index in [-0.39, 0.29) is 0 Å². The fourth-order valence-corrected chi connectivity index (χ4v) is 2.39. The molecule has 4 nitrogen and oxygen atoms in total. The summed E-state index contributed by atoms with van der Waals surface area (Å²) in [4.78, 5) is 0. The normalized spacial score (nSPS) is 12.8. The number of rotatable bonds is 6. The van der Waals surface area contributed by atoms with Gasteiger partial charge in [0.1, 0.15) is 0 Å². The molecule has 0 aromatic heterocycles. The van der Waals surface area contributed by atoms with Gasteiger partial charge in [-0.1, -0.05) is 51.0 Å². The Bertz CT molecular complexity index is 348. The fraction of sp³-hybridized carbons (Fsp3) is 0.571. The lowest BCUT2D eigenvalue weighted by Gasteiger charge is -2.33. The van der Waals surface area contributed by atoms with Crippen molar-refractivity contribution >= 4 is 0 Å². The first kappa shape index (κ1) is 15.1. The summed E-state index contributed by atoms with van der Waals surface area (Å²) in [6.07, 6.45) is 3.23. The van der Waals surface area contributed by atoms with E-state index >= 15 is 0 Å². The van der Waals surface area contributed by atoms with Crippen LogP contribution >= 0.6 is 0 Å². The Hall–Kier alpha value is -0.940. The minimum Gasteiger partial charge on any atom is -0.310 e. The summed E-state index contributed by atoms with van der Waals surface area (Å²) >= 11 is 0. The van der Waals surface area contributed by atoms with Crippen LogP contribution in [-0.2, 0) is 11.3 Å². The summed E-state index contributed by atoms with van der Waals surface area (Å²) in [7, 11) is 0. The Morgan fingerprint density at radius 3 is 1.39 bits per heavy atom. The molecule has 1 aromatic rings. The highest BCUT2D eigenvalue weighted by Gasteiger charge is 2.30. The van der Waals surface area contributed by atoms with Crippen molar-refractivity contribution in [2.24, 2.45) is 22.9 Å². The molecule has 0 radical (unpaired) electrons. The second-order valence-electron chi connectivity index (χ2n) is 5.13. The molecule has 0 heterocycles. The summed E-state index contributed by atoms with van der Waals surface area (Å²) in [6, 6.07) is 7.69. The first-order chi connectivity index (χ1) is 8.35. The van der Waals surface area contributed by atoms with Gasteiger partial charge in [-0.25, -0.2) is 0 Å². The molecule has 8 N–H and O–H groups in total. The van der Waals surface area contributed by atoms with Gasteiger partial charge in [0.25, 0.3) is 0 Å². The molecule has 0 atom stereocenters. The number of benzene rings is 1. The molecule has 0 saturated heterocycles. The van der Waals surface area contributed by atoms with Gasteiger partial charge in [-0.3, -0.25) is 0 Å². The summed E-state index contributed by atoms with van der Waals surface area (Å²) in [5, 5.41) is 0. The minimum atomic E-state index is -0.872. The van der Waals surface area contributed by atoms with E-state index in [1.54, 1.807) is 0 Å². The van der Waals surface area contributed by atoms with Crippen molar-refractivity contribution in [2.75, 3.05) is 0 Å². The van der Waals surface area contributed by atoms with Crippen LogP contribution < -0.4 is 22.9 Å². The Morgan fingerprint density at radius 1 is 0.778 bits per heavy atom. The molecule has 0 aliphatic heterocycles. The van der Waals surface area contributed by atoms with Crippen molar-refractivity contribution in [1.82, 2.24) is 0 Å². The highest BCUT2D eigenvalue weighted by molar-refractivity contribution is 5.37. The molecule has 1 aromatic carbocycles. The molecule has 0 saturated carbocycles. The maximum absolute atomic E-state index is 6.21. The summed E-state index contributed by atoms with van der Waals surface area (Å²) < 4.78 is 0. The Kier molecular flexibility index (Phi) is 4.87. The summed E-state index contributed by atoms with van der Waals surface area (Å²) in [5.41, 5.74) is 24.8. The van der Waals surface area contributed by atoms with Gasteiger partial charge in [-0.2, -0.15) is 0 Å². The van der Waals surface area contributed by atoms with E-state index in [4.69, 9.17) is 22.9 Å². The predicted molar refractivity (Wildman–Crippen MR) is 76.4 cm³/mol.